The third-order valence-electron chi connectivity index (χ3n) is 2.54. The van der Waals surface area contributed by atoms with E-state index in [-0.39, 0.29) is 0 Å². The Labute approximate surface area is 103 Å². The number of nitrogens with zero attached hydrogens (tertiary/aromatic N) is 4. The monoisotopic (exact) mass is 244 g/mol. The van der Waals surface area contributed by atoms with Crippen LogP contribution in [0.3, 0.4) is 0 Å². The van der Waals surface area contributed by atoms with Crippen molar-refractivity contribution in [1.82, 2.24) is 20.0 Å². The van der Waals surface area contributed by atoms with Gasteiger partial charge in [0.2, 0.25) is 0 Å². The number of benzene rings is 1. The molecule has 0 saturated carbocycles. The Morgan fingerprint density at radius 3 is 2.71 bits per heavy atom. The van der Waals surface area contributed by atoms with Gasteiger partial charge in [-0.2, -0.15) is 10.2 Å². The highest BCUT2D eigenvalue weighted by Gasteiger charge is 2.05. The highest BCUT2D eigenvalue weighted by atomic mass is 35.5. The third-order valence-corrected chi connectivity index (χ3v) is 2.81. The summed E-state index contributed by atoms with van der Waals surface area (Å²) in [5.41, 5.74) is 1.77. The minimum Gasteiger partial charge on any atom is -0.213 e. The Kier molecular flexibility index (Phi) is 2.49. The number of para-hydroxylation sites is 1. The van der Waals surface area contributed by atoms with Gasteiger partial charge < -0.3 is 0 Å². The first-order valence-corrected chi connectivity index (χ1v) is 5.73. The highest BCUT2D eigenvalue weighted by molar-refractivity contribution is 6.16. The Morgan fingerprint density at radius 2 is 1.94 bits per heavy atom. The van der Waals surface area contributed by atoms with Crippen molar-refractivity contribution in [2.75, 3.05) is 0 Å². The number of alkyl halides is 1. The maximum absolute atomic E-state index is 5.67. The number of aromatic nitrogens is 4. The van der Waals surface area contributed by atoms with Crippen LogP contribution in [0.1, 0.15) is 5.69 Å². The molecule has 2 heterocycles. The molecule has 0 unspecified atom stereocenters. The summed E-state index contributed by atoms with van der Waals surface area (Å²) in [5, 5.41) is 13.5. The molecule has 0 fully saturated rings. The molecular formula is C12H9ClN4. The second kappa shape index (κ2) is 4.14. The molecule has 0 bridgehead atoms. The van der Waals surface area contributed by atoms with Crippen molar-refractivity contribution in [3.8, 4) is 5.82 Å². The molecule has 0 spiro atoms. The number of hydrogen-bond acceptors (Lipinski definition) is 3. The summed E-state index contributed by atoms with van der Waals surface area (Å²) in [6.07, 6.45) is 1.81. The van der Waals surface area contributed by atoms with Crippen molar-refractivity contribution >= 4 is 22.5 Å². The summed E-state index contributed by atoms with van der Waals surface area (Å²) < 4.78 is 1.76. The van der Waals surface area contributed by atoms with E-state index in [2.05, 4.69) is 15.3 Å². The molecule has 2 aromatic heterocycles. The maximum atomic E-state index is 5.67. The summed E-state index contributed by atoms with van der Waals surface area (Å²) in [7, 11) is 0. The van der Waals surface area contributed by atoms with Crippen molar-refractivity contribution in [3.63, 3.8) is 0 Å². The molecule has 0 saturated heterocycles. The third kappa shape index (κ3) is 1.76. The number of rotatable bonds is 2. The summed E-state index contributed by atoms with van der Waals surface area (Å²) >= 11 is 5.67. The highest BCUT2D eigenvalue weighted by Crippen LogP contribution is 2.16. The number of fused-ring (bicyclic) bond motifs is 1. The Bertz CT molecular complexity index is 645. The molecule has 4 nitrogen and oxygen atoms in total. The minimum absolute atomic E-state index is 0.368. The summed E-state index contributed by atoms with van der Waals surface area (Å²) in [6, 6.07) is 11.7. The zero-order valence-corrected chi connectivity index (χ0v) is 9.67. The van der Waals surface area contributed by atoms with E-state index in [0.717, 1.165) is 16.6 Å². The summed E-state index contributed by atoms with van der Waals surface area (Å²) in [6.45, 7) is 0. The second-order valence-corrected chi connectivity index (χ2v) is 3.90. The SMILES string of the molecule is ClCc1ccc(-n2ncc3ccccc32)nn1. The van der Waals surface area contributed by atoms with Gasteiger partial charge in [0, 0.05) is 5.39 Å². The normalized spacial score (nSPS) is 10.9. The Morgan fingerprint density at radius 1 is 1.06 bits per heavy atom. The fourth-order valence-corrected chi connectivity index (χ4v) is 1.83. The van der Waals surface area contributed by atoms with Gasteiger partial charge in [-0.25, -0.2) is 4.68 Å². The van der Waals surface area contributed by atoms with Crippen LogP contribution >= 0.6 is 11.6 Å². The first kappa shape index (κ1) is 10.2. The van der Waals surface area contributed by atoms with Crippen LogP contribution in [0.4, 0.5) is 0 Å². The van der Waals surface area contributed by atoms with Gasteiger partial charge >= 0.3 is 0 Å². The fraction of sp³-hybridized carbons (Fsp3) is 0.0833. The average Bonchev–Trinajstić information content (AvgIpc) is 2.83. The molecule has 0 radical (unpaired) electrons. The summed E-state index contributed by atoms with van der Waals surface area (Å²) in [4.78, 5) is 0. The van der Waals surface area contributed by atoms with Gasteiger partial charge in [0.25, 0.3) is 0 Å². The van der Waals surface area contributed by atoms with E-state index in [1.165, 1.54) is 0 Å². The smallest absolute Gasteiger partial charge is 0.176 e. The van der Waals surface area contributed by atoms with E-state index in [1.807, 2.05) is 42.6 Å². The quantitative estimate of drug-likeness (QED) is 0.651. The molecule has 1 aromatic carbocycles. The molecular weight excluding hydrogens is 236 g/mol. The topological polar surface area (TPSA) is 43.6 Å². The minimum atomic E-state index is 0.368. The van der Waals surface area contributed by atoms with E-state index in [9.17, 15) is 0 Å². The van der Waals surface area contributed by atoms with E-state index >= 15 is 0 Å². The van der Waals surface area contributed by atoms with Crippen LogP contribution in [0.5, 0.6) is 0 Å². The van der Waals surface area contributed by atoms with Gasteiger partial charge in [-0.1, -0.05) is 18.2 Å². The van der Waals surface area contributed by atoms with Crippen molar-refractivity contribution in [3.05, 3.63) is 48.3 Å². The zero-order valence-electron chi connectivity index (χ0n) is 8.92. The molecule has 17 heavy (non-hydrogen) atoms. The second-order valence-electron chi connectivity index (χ2n) is 3.63. The lowest BCUT2D eigenvalue weighted by molar-refractivity contribution is 0.824. The Hall–Kier alpha value is -1.94. The number of hydrogen-bond donors (Lipinski definition) is 0. The maximum Gasteiger partial charge on any atom is 0.176 e. The van der Waals surface area contributed by atoms with Crippen molar-refractivity contribution in [2.45, 2.75) is 5.88 Å². The molecule has 0 aliphatic heterocycles. The molecule has 0 amide bonds. The van der Waals surface area contributed by atoms with Crippen LogP contribution in [0.25, 0.3) is 16.7 Å². The van der Waals surface area contributed by atoms with Gasteiger partial charge in [0.05, 0.1) is 23.3 Å². The van der Waals surface area contributed by atoms with E-state index in [1.54, 1.807) is 4.68 Å². The van der Waals surface area contributed by atoms with Crippen LogP contribution in [-0.2, 0) is 5.88 Å². The predicted octanol–water partition coefficient (Wildman–Crippen LogP) is 2.55. The van der Waals surface area contributed by atoms with Crippen LogP contribution in [0, 0.1) is 0 Å². The molecule has 3 aromatic rings. The molecule has 84 valence electrons. The van der Waals surface area contributed by atoms with Gasteiger partial charge in [-0.3, -0.25) is 0 Å². The average molecular weight is 245 g/mol. The Balaban J connectivity index is 2.13. The largest absolute Gasteiger partial charge is 0.213 e. The van der Waals surface area contributed by atoms with Gasteiger partial charge in [0.15, 0.2) is 5.82 Å². The van der Waals surface area contributed by atoms with Crippen molar-refractivity contribution in [2.24, 2.45) is 0 Å². The molecule has 0 aliphatic carbocycles. The lowest BCUT2D eigenvalue weighted by Crippen LogP contribution is -2.01. The first-order valence-electron chi connectivity index (χ1n) is 5.20. The van der Waals surface area contributed by atoms with E-state index in [4.69, 9.17) is 11.6 Å². The lowest BCUT2D eigenvalue weighted by atomic mass is 10.2. The fourth-order valence-electron chi connectivity index (χ4n) is 1.69. The predicted molar refractivity (Wildman–Crippen MR) is 66.2 cm³/mol. The van der Waals surface area contributed by atoms with Crippen molar-refractivity contribution < 1.29 is 0 Å². The van der Waals surface area contributed by atoms with Gasteiger partial charge in [-0.15, -0.1) is 16.7 Å². The standard InChI is InChI=1S/C12H9ClN4/c13-7-10-5-6-12(16-15-10)17-11-4-2-1-3-9(11)8-14-17/h1-6,8H,7H2. The number of halogens is 1. The zero-order chi connectivity index (χ0) is 11.7. The molecule has 3 rings (SSSR count). The van der Waals surface area contributed by atoms with E-state index in [0.29, 0.717) is 11.7 Å². The molecule has 0 N–H and O–H groups in total. The molecule has 5 heteroatoms. The first-order chi connectivity index (χ1) is 8.38. The van der Waals surface area contributed by atoms with Crippen LogP contribution < -0.4 is 0 Å². The molecule has 0 aliphatic rings. The lowest BCUT2D eigenvalue weighted by Gasteiger charge is -2.01. The van der Waals surface area contributed by atoms with Gasteiger partial charge in [-0.05, 0) is 18.2 Å². The van der Waals surface area contributed by atoms with E-state index < -0.39 is 0 Å². The van der Waals surface area contributed by atoms with Crippen LogP contribution in [0.2, 0.25) is 0 Å². The van der Waals surface area contributed by atoms with Crippen LogP contribution in [-0.4, -0.2) is 20.0 Å². The van der Waals surface area contributed by atoms with Crippen molar-refractivity contribution in [1.29, 1.82) is 0 Å². The molecule has 0 atom stereocenters. The summed E-state index contributed by atoms with van der Waals surface area (Å²) in [5.74, 6) is 1.06. The van der Waals surface area contributed by atoms with Gasteiger partial charge in [0.1, 0.15) is 0 Å². The van der Waals surface area contributed by atoms with Crippen LogP contribution in [0.15, 0.2) is 42.6 Å².